The Morgan fingerprint density at radius 1 is 1.32 bits per heavy atom. The molecular formula is C15H19N3O3S. The number of rotatable bonds is 2. The van der Waals surface area contributed by atoms with Gasteiger partial charge < -0.3 is 10.1 Å². The number of carbonyl (C=O) groups is 2. The lowest BCUT2D eigenvalue weighted by Crippen LogP contribution is -2.59. The Kier molecular flexibility index (Phi) is 3.41. The van der Waals surface area contributed by atoms with E-state index in [0.717, 1.165) is 47.7 Å². The summed E-state index contributed by atoms with van der Waals surface area (Å²) in [7, 11) is 0. The summed E-state index contributed by atoms with van der Waals surface area (Å²) in [5.74, 6) is -0.0156. The first-order chi connectivity index (χ1) is 10.7. The number of urea groups is 1. The first-order valence-corrected chi connectivity index (χ1v) is 8.65. The molecule has 0 radical (unpaired) electrons. The molecule has 7 heteroatoms. The van der Waals surface area contributed by atoms with E-state index >= 15 is 0 Å². The Hall–Kier alpha value is -1.47. The van der Waals surface area contributed by atoms with Gasteiger partial charge in [-0.3, -0.25) is 9.69 Å². The molecule has 0 bridgehead atoms. The summed E-state index contributed by atoms with van der Waals surface area (Å²) in [5, 5.41) is 3.72. The highest BCUT2D eigenvalue weighted by molar-refractivity contribution is 7.11. The van der Waals surface area contributed by atoms with E-state index in [1.54, 1.807) is 11.3 Å². The largest absolute Gasteiger partial charge is 0.375 e. The van der Waals surface area contributed by atoms with Crippen LogP contribution in [0.5, 0.6) is 0 Å². The maximum absolute atomic E-state index is 12.8. The van der Waals surface area contributed by atoms with Gasteiger partial charge in [0.05, 0.1) is 35.7 Å². The molecule has 2 aliphatic heterocycles. The van der Waals surface area contributed by atoms with Crippen LogP contribution < -0.4 is 5.32 Å². The van der Waals surface area contributed by atoms with E-state index in [4.69, 9.17) is 4.74 Å². The quantitative estimate of drug-likeness (QED) is 0.902. The Balaban J connectivity index is 1.56. The third-order valence-corrected chi connectivity index (χ3v) is 5.97. The van der Waals surface area contributed by atoms with Crippen LogP contribution in [0.25, 0.3) is 0 Å². The highest BCUT2D eigenvalue weighted by Gasteiger charge is 2.48. The lowest BCUT2D eigenvalue weighted by molar-refractivity contribution is -0.141. The van der Waals surface area contributed by atoms with E-state index in [1.807, 2.05) is 0 Å². The minimum absolute atomic E-state index is 0.0156. The summed E-state index contributed by atoms with van der Waals surface area (Å²) in [4.78, 5) is 32.0. The summed E-state index contributed by atoms with van der Waals surface area (Å²) in [6.07, 6.45) is 4.71. The molecule has 1 aliphatic carbocycles. The number of nitrogens with zero attached hydrogens (tertiary/aromatic N) is 2. The highest BCUT2D eigenvalue weighted by atomic mass is 32.1. The second-order valence-electron chi connectivity index (χ2n) is 6.32. The molecule has 1 spiro atoms. The number of nitrogens with one attached hydrogen (secondary N) is 1. The fraction of sp³-hybridized carbons (Fsp3) is 0.667. The fourth-order valence-electron chi connectivity index (χ4n) is 3.66. The summed E-state index contributed by atoms with van der Waals surface area (Å²) >= 11 is 1.55. The number of hydrogen-bond donors (Lipinski definition) is 1. The van der Waals surface area contributed by atoms with Crippen molar-refractivity contribution in [2.45, 2.75) is 45.3 Å². The van der Waals surface area contributed by atoms with Crippen molar-refractivity contribution in [1.82, 2.24) is 15.2 Å². The average Bonchev–Trinajstić information content (AvgIpc) is 3.15. The molecular weight excluding hydrogens is 302 g/mol. The number of aromatic nitrogens is 1. The van der Waals surface area contributed by atoms with Crippen LogP contribution in [-0.2, 0) is 29.1 Å². The maximum Gasteiger partial charge on any atom is 0.324 e. The zero-order valence-corrected chi connectivity index (χ0v) is 13.2. The SMILES string of the molecule is O=C1NCC2(CCCC2)C(=O)N1Cc1nc2c(s1)COCC2. The molecule has 3 heterocycles. The van der Waals surface area contributed by atoms with Gasteiger partial charge in [-0.15, -0.1) is 11.3 Å². The number of amides is 3. The topological polar surface area (TPSA) is 71.5 Å². The Morgan fingerprint density at radius 2 is 2.14 bits per heavy atom. The van der Waals surface area contributed by atoms with Gasteiger partial charge in [0.25, 0.3) is 0 Å². The number of carbonyl (C=O) groups excluding carboxylic acids is 2. The third kappa shape index (κ3) is 2.23. The minimum atomic E-state index is -0.367. The molecule has 22 heavy (non-hydrogen) atoms. The second-order valence-corrected chi connectivity index (χ2v) is 7.49. The summed E-state index contributed by atoms with van der Waals surface area (Å²) in [6.45, 7) is 2.06. The van der Waals surface area contributed by atoms with Crippen molar-refractivity contribution in [3.05, 3.63) is 15.6 Å². The van der Waals surface area contributed by atoms with Gasteiger partial charge in [0.1, 0.15) is 5.01 Å². The van der Waals surface area contributed by atoms with E-state index in [1.165, 1.54) is 4.90 Å². The zero-order chi connectivity index (χ0) is 15.2. The van der Waals surface area contributed by atoms with Crippen LogP contribution in [0.1, 0.15) is 41.3 Å². The van der Waals surface area contributed by atoms with E-state index < -0.39 is 0 Å². The van der Waals surface area contributed by atoms with Crippen LogP contribution in [0.15, 0.2) is 0 Å². The lowest BCUT2D eigenvalue weighted by atomic mass is 9.83. The summed E-state index contributed by atoms with van der Waals surface area (Å²) in [6, 6.07) is -0.285. The third-order valence-electron chi connectivity index (χ3n) is 4.91. The lowest BCUT2D eigenvalue weighted by Gasteiger charge is -2.38. The number of ether oxygens (including phenoxy) is 1. The monoisotopic (exact) mass is 321 g/mol. The molecule has 0 aromatic carbocycles. The summed E-state index contributed by atoms with van der Waals surface area (Å²) < 4.78 is 5.43. The van der Waals surface area contributed by atoms with E-state index in [2.05, 4.69) is 10.3 Å². The van der Waals surface area contributed by atoms with E-state index in [9.17, 15) is 9.59 Å². The predicted molar refractivity (Wildman–Crippen MR) is 80.3 cm³/mol. The predicted octanol–water partition coefficient (Wildman–Crippen LogP) is 1.83. The van der Waals surface area contributed by atoms with Crippen LogP contribution in [0.3, 0.4) is 0 Å². The van der Waals surface area contributed by atoms with Crippen molar-refractivity contribution in [2.24, 2.45) is 5.41 Å². The first kappa shape index (κ1) is 14.1. The van der Waals surface area contributed by atoms with E-state index in [-0.39, 0.29) is 23.9 Å². The molecule has 0 unspecified atom stereocenters. The molecule has 2 fully saturated rings. The van der Waals surface area contributed by atoms with Gasteiger partial charge >= 0.3 is 6.03 Å². The van der Waals surface area contributed by atoms with Gasteiger partial charge in [0.2, 0.25) is 5.91 Å². The molecule has 4 rings (SSSR count). The van der Waals surface area contributed by atoms with Crippen LogP contribution in [0, 0.1) is 5.41 Å². The van der Waals surface area contributed by atoms with Crippen molar-refractivity contribution in [3.8, 4) is 0 Å². The van der Waals surface area contributed by atoms with Crippen molar-refractivity contribution in [2.75, 3.05) is 13.2 Å². The molecule has 6 nitrogen and oxygen atoms in total. The van der Waals surface area contributed by atoms with Crippen molar-refractivity contribution < 1.29 is 14.3 Å². The molecule has 1 N–H and O–H groups in total. The molecule has 1 aromatic rings. The molecule has 1 saturated carbocycles. The van der Waals surface area contributed by atoms with Crippen LogP contribution in [0.2, 0.25) is 0 Å². The molecule has 1 aromatic heterocycles. The zero-order valence-electron chi connectivity index (χ0n) is 12.4. The molecule has 3 amide bonds. The van der Waals surface area contributed by atoms with Crippen LogP contribution in [-0.4, -0.2) is 35.0 Å². The Morgan fingerprint density at radius 3 is 2.91 bits per heavy atom. The number of thiazole rings is 1. The standard InChI is InChI=1S/C15H19N3O3S/c19-13-15(4-1-2-5-15)9-16-14(20)18(13)7-12-17-10-3-6-21-8-11(10)22-12/h1-9H2,(H,16,20). The molecule has 1 saturated heterocycles. The average molecular weight is 321 g/mol. The molecule has 118 valence electrons. The smallest absolute Gasteiger partial charge is 0.324 e. The normalized spacial score (nSPS) is 23.7. The van der Waals surface area contributed by atoms with Crippen LogP contribution >= 0.6 is 11.3 Å². The summed E-state index contributed by atoms with van der Waals surface area (Å²) in [5.41, 5.74) is 0.695. The number of imide groups is 1. The van der Waals surface area contributed by atoms with Gasteiger partial charge in [-0.05, 0) is 12.8 Å². The van der Waals surface area contributed by atoms with Gasteiger partial charge in [-0.25, -0.2) is 9.78 Å². The van der Waals surface area contributed by atoms with Gasteiger partial charge in [0, 0.05) is 13.0 Å². The Labute approximate surface area is 132 Å². The highest BCUT2D eigenvalue weighted by Crippen LogP contribution is 2.41. The molecule has 0 atom stereocenters. The maximum atomic E-state index is 12.8. The number of fused-ring (bicyclic) bond motifs is 1. The van der Waals surface area contributed by atoms with Gasteiger partial charge in [-0.2, -0.15) is 0 Å². The van der Waals surface area contributed by atoms with E-state index in [0.29, 0.717) is 19.8 Å². The van der Waals surface area contributed by atoms with Gasteiger partial charge in [0.15, 0.2) is 0 Å². The molecule has 3 aliphatic rings. The van der Waals surface area contributed by atoms with Crippen LogP contribution in [0.4, 0.5) is 4.79 Å². The first-order valence-electron chi connectivity index (χ1n) is 7.83. The fourth-order valence-corrected chi connectivity index (χ4v) is 4.70. The minimum Gasteiger partial charge on any atom is -0.375 e. The Bertz CT molecular complexity index is 598. The van der Waals surface area contributed by atoms with Crippen molar-refractivity contribution in [1.29, 1.82) is 0 Å². The van der Waals surface area contributed by atoms with Gasteiger partial charge in [-0.1, -0.05) is 12.8 Å². The second kappa shape index (κ2) is 5.31. The van der Waals surface area contributed by atoms with Crippen molar-refractivity contribution >= 4 is 23.3 Å². The van der Waals surface area contributed by atoms with Crippen molar-refractivity contribution in [3.63, 3.8) is 0 Å². The number of hydrogen-bond acceptors (Lipinski definition) is 5.